The molecule has 2 aromatic heterocycles. The third-order valence-corrected chi connectivity index (χ3v) is 6.35. The van der Waals surface area contributed by atoms with Gasteiger partial charge in [0, 0.05) is 53.1 Å². The zero-order valence-electron chi connectivity index (χ0n) is 17.3. The minimum atomic E-state index is -0.522. The van der Waals surface area contributed by atoms with Crippen molar-refractivity contribution in [2.24, 2.45) is 0 Å². The quantitative estimate of drug-likeness (QED) is 0.436. The molecule has 1 atom stereocenters. The topological polar surface area (TPSA) is 83.1 Å². The van der Waals surface area contributed by atoms with Crippen molar-refractivity contribution in [3.63, 3.8) is 0 Å². The van der Waals surface area contributed by atoms with Gasteiger partial charge in [-0.25, -0.2) is 0 Å². The van der Waals surface area contributed by atoms with E-state index < -0.39 is 6.10 Å². The number of anilines is 1. The predicted octanol–water partition coefficient (Wildman–Crippen LogP) is 4.23. The molecule has 0 saturated carbocycles. The number of amides is 1. The maximum absolute atomic E-state index is 13.0. The summed E-state index contributed by atoms with van der Waals surface area (Å²) in [6.45, 7) is 2.63. The highest BCUT2D eigenvalue weighted by atomic mass is 79.9. The number of nitrogens with zero attached hydrogens (tertiary/aromatic N) is 3. The van der Waals surface area contributed by atoms with Crippen molar-refractivity contribution < 1.29 is 9.53 Å². The van der Waals surface area contributed by atoms with Crippen molar-refractivity contribution in [2.45, 2.75) is 12.6 Å². The lowest BCUT2D eigenvalue weighted by Crippen LogP contribution is -2.47. The number of hydrogen-bond acceptors (Lipinski definition) is 5. The van der Waals surface area contributed by atoms with Crippen LogP contribution < -0.4 is 5.32 Å². The molecular formula is C24H22BrN5O2. The molecule has 8 heteroatoms. The Morgan fingerprint density at radius 1 is 1.19 bits per heavy atom. The summed E-state index contributed by atoms with van der Waals surface area (Å²) in [6.07, 6.45) is 2.95. The predicted molar refractivity (Wildman–Crippen MR) is 127 cm³/mol. The van der Waals surface area contributed by atoms with Crippen LogP contribution in [0, 0.1) is 0 Å². The standard InChI is InChI=1S/C24H22BrN5O2/c25-20-4-2-1-3-17(20)14-30-11-12-32-22(15-30)24(31)27-18-5-6-21-19(13-18)23(29-28-21)16-7-9-26-10-8-16/h1-10,13,22H,11-12,14-15H2,(H,27,31)(H,28,29). The number of ether oxygens (including phenoxy) is 1. The van der Waals surface area contributed by atoms with E-state index in [1.54, 1.807) is 12.4 Å². The summed E-state index contributed by atoms with van der Waals surface area (Å²) in [7, 11) is 0. The van der Waals surface area contributed by atoms with E-state index in [2.05, 4.69) is 47.4 Å². The van der Waals surface area contributed by atoms with E-state index in [9.17, 15) is 4.79 Å². The summed E-state index contributed by atoms with van der Waals surface area (Å²) in [4.78, 5) is 19.3. The number of hydrogen-bond donors (Lipinski definition) is 2. The molecular weight excluding hydrogens is 470 g/mol. The molecule has 2 aromatic carbocycles. The van der Waals surface area contributed by atoms with E-state index in [0.717, 1.165) is 39.7 Å². The van der Waals surface area contributed by atoms with Crippen molar-refractivity contribution in [3.05, 3.63) is 77.0 Å². The minimum absolute atomic E-state index is 0.143. The molecule has 1 aliphatic rings. The fourth-order valence-electron chi connectivity index (χ4n) is 3.92. The third-order valence-electron chi connectivity index (χ3n) is 5.58. The van der Waals surface area contributed by atoms with Gasteiger partial charge in [-0.15, -0.1) is 0 Å². The molecule has 1 fully saturated rings. The first-order valence-corrected chi connectivity index (χ1v) is 11.2. The summed E-state index contributed by atoms with van der Waals surface area (Å²) in [6, 6.07) is 17.7. The van der Waals surface area contributed by atoms with Crippen LogP contribution in [0.3, 0.4) is 0 Å². The molecule has 4 aromatic rings. The Bertz CT molecular complexity index is 1240. The average Bonchev–Trinajstić information content (AvgIpc) is 3.25. The molecule has 0 bridgehead atoms. The van der Waals surface area contributed by atoms with Crippen LogP contribution in [0.15, 0.2) is 71.5 Å². The fraction of sp³-hybridized carbons (Fsp3) is 0.208. The monoisotopic (exact) mass is 491 g/mol. The summed E-state index contributed by atoms with van der Waals surface area (Å²) in [5.74, 6) is -0.143. The molecule has 5 rings (SSSR count). The molecule has 0 aliphatic carbocycles. The second-order valence-corrected chi connectivity index (χ2v) is 8.60. The Morgan fingerprint density at radius 3 is 2.88 bits per heavy atom. The molecule has 0 spiro atoms. The molecule has 1 unspecified atom stereocenters. The van der Waals surface area contributed by atoms with E-state index >= 15 is 0 Å². The molecule has 1 amide bonds. The van der Waals surface area contributed by atoms with Crippen molar-refractivity contribution in [3.8, 4) is 11.3 Å². The number of carbonyl (C=O) groups excluding carboxylic acids is 1. The number of halogens is 1. The highest BCUT2D eigenvalue weighted by molar-refractivity contribution is 9.10. The summed E-state index contributed by atoms with van der Waals surface area (Å²) in [5.41, 5.74) is 4.61. The molecule has 162 valence electrons. The van der Waals surface area contributed by atoms with Crippen LogP contribution in [0.5, 0.6) is 0 Å². The zero-order chi connectivity index (χ0) is 21.9. The van der Waals surface area contributed by atoms with Gasteiger partial charge in [-0.3, -0.25) is 19.8 Å². The number of aromatic amines is 1. The van der Waals surface area contributed by atoms with Gasteiger partial charge in [0.15, 0.2) is 0 Å². The molecule has 1 saturated heterocycles. The fourth-order valence-corrected chi connectivity index (χ4v) is 4.33. The lowest BCUT2D eigenvalue weighted by Gasteiger charge is -2.32. The first-order chi connectivity index (χ1) is 15.7. The van der Waals surface area contributed by atoms with Crippen LogP contribution in [0.1, 0.15) is 5.56 Å². The number of carbonyl (C=O) groups is 1. The highest BCUT2D eigenvalue weighted by Gasteiger charge is 2.27. The Balaban J connectivity index is 1.29. The molecule has 2 N–H and O–H groups in total. The first-order valence-electron chi connectivity index (χ1n) is 10.4. The van der Waals surface area contributed by atoms with Gasteiger partial charge < -0.3 is 10.1 Å². The van der Waals surface area contributed by atoms with Crippen LogP contribution in [0.25, 0.3) is 22.2 Å². The van der Waals surface area contributed by atoms with Gasteiger partial charge in [-0.1, -0.05) is 34.1 Å². The lowest BCUT2D eigenvalue weighted by atomic mass is 10.1. The highest BCUT2D eigenvalue weighted by Crippen LogP contribution is 2.28. The smallest absolute Gasteiger partial charge is 0.254 e. The molecule has 32 heavy (non-hydrogen) atoms. The third kappa shape index (κ3) is 4.43. The van der Waals surface area contributed by atoms with Crippen LogP contribution in [-0.2, 0) is 16.1 Å². The van der Waals surface area contributed by atoms with Crippen LogP contribution in [0.4, 0.5) is 5.69 Å². The van der Waals surface area contributed by atoms with E-state index in [4.69, 9.17) is 4.74 Å². The largest absolute Gasteiger partial charge is 0.366 e. The van der Waals surface area contributed by atoms with Gasteiger partial charge in [0.2, 0.25) is 0 Å². The lowest BCUT2D eigenvalue weighted by molar-refractivity contribution is -0.133. The van der Waals surface area contributed by atoms with Crippen LogP contribution >= 0.6 is 15.9 Å². The second kappa shape index (κ2) is 9.20. The zero-order valence-corrected chi connectivity index (χ0v) is 18.9. The van der Waals surface area contributed by atoms with Crippen LogP contribution in [0.2, 0.25) is 0 Å². The normalized spacial score (nSPS) is 16.8. The molecule has 1 aliphatic heterocycles. The SMILES string of the molecule is O=C(Nc1ccc2[nH]nc(-c3ccncc3)c2c1)C1CN(Cc2ccccc2Br)CCO1. The van der Waals surface area contributed by atoms with Crippen molar-refractivity contribution in [1.82, 2.24) is 20.1 Å². The van der Waals surface area contributed by atoms with Gasteiger partial charge in [0.05, 0.1) is 12.1 Å². The maximum atomic E-state index is 13.0. The maximum Gasteiger partial charge on any atom is 0.254 e. The van der Waals surface area contributed by atoms with Crippen molar-refractivity contribution >= 4 is 38.4 Å². The van der Waals surface area contributed by atoms with E-state index in [1.807, 2.05) is 48.5 Å². The number of rotatable bonds is 5. The number of H-pyrrole nitrogens is 1. The van der Waals surface area contributed by atoms with Crippen molar-refractivity contribution in [2.75, 3.05) is 25.0 Å². The van der Waals surface area contributed by atoms with Gasteiger partial charge in [-0.2, -0.15) is 5.10 Å². The Morgan fingerprint density at radius 2 is 2.03 bits per heavy atom. The average molecular weight is 492 g/mol. The van der Waals surface area contributed by atoms with Gasteiger partial charge in [0.1, 0.15) is 11.8 Å². The van der Waals surface area contributed by atoms with E-state index in [0.29, 0.717) is 18.8 Å². The van der Waals surface area contributed by atoms with E-state index in [-0.39, 0.29) is 5.91 Å². The van der Waals surface area contributed by atoms with Crippen LogP contribution in [-0.4, -0.2) is 51.8 Å². The number of fused-ring (bicyclic) bond motifs is 1. The summed E-state index contributed by atoms with van der Waals surface area (Å²) < 4.78 is 6.86. The number of aromatic nitrogens is 3. The van der Waals surface area contributed by atoms with Gasteiger partial charge in [-0.05, 0) is 42.0 Å². The van der Waals surface area contributed by atoms with E-state index in [1.165, 1.54) is 5.56 Å². The Hall–Kier alpha value is -3.07. The minimum Gasteiger partial charge on any atom is -0.366 e. The summed E-state index contributed by atoms with van der Waals surface area (Å²) in [5, 5.41) is 11.4. The number of benzene rings is 2. The number of morpholine rings is 1. The van der Waals surface area contributed by atoms with Gasteiger partial charge in [0.25, 0.3) is 5.91 Å². The summed E-state index contributed by atoms with van der Waals surface area (Å²) >= 11 is 3.60. The number of pyridine rings is 1. The first kappa shape index (κ1) is 20.8. The molecule has 0 radical (unpaired) electrons. The second-order valence-electron chi connectivity index (χ2n) is 7.74. The molecule has 3 heterocycles. The molecule has 7 nitrogen and oxygen atoms in total. The number of nitrogens with one attached hydrogen (secondary N) is 2. The van der Waals surface area contributed by atoms with Gasteiger partial charge >= 0.3 is 0 Å². The Labute approximate surface area is 193 Å². The Kier molecular flexibility index (Phi) is 5.98. The van der Waals surface area contributed by atoms with Crippen molar-refractivity contribution in [1.29, 1.82) is 0 Å².